The zero-order valence-electron chi connectivity index (χ0n) is 11.8. The van der Waals surface area contributed by atoms with Gasteiger partial charge in [0, 0.05) is 6.42 Å². The molecule has 4 nitrogen and oxygen atoms in total. The molecule has 0 fully saturated rings. The lowest BCUT2D eigenvalue weighted by atomic mass is 10.0. The molecule has 1 amide bonds. The van der Waals surface area contributed by atoms with Gasteiger partial charge in [0.15, 0.2) is 0 Å². The van der Waals surface area contributed by atoms with Crippen LogP contribution < -0.4 is 5.32 Å². The van der Waals surface area contributed by atoms with Crippen LogP contribution in [0.15, 0.2) is 47.1 Å². The number of furan rings is 1. The number of benzene rings is 1. The van der Waals surface area contributed by atoms with Crippen molar-refractivity contribution in [1.82, 2.24) is 5.32 Å². The van der Waals surface area contributed by atoms with E-state index in [4.69, 9.17) is 4.42 Å². The van der Waals surface area contributed by atoms with E-state index < -0.39 is 5.60 Å². The molecule has 1 atom stereocenters. The lowest BCUT2D eigenvalue weighted by molar-refractivity contribution is -0.122. The highest BCUT2D eigenvalue weighted by Crippen LogP contribution is 2.19. The molecular weight excluding hydrogens is 273 g/mol. The predicted molar refractivity (Wildman–Crippen MR) is 76.0 cm³/mol. The minimum Gasteiger partial charge on any atom is -0.466 e. The Labute approximate surface area is 122 Å². The van der Waals surface area contributed by atoms with Crippen molar-refractivity contribution in [2.24, 2.45) is 0 Å². The first-order valence-electron chi connectivity index (χ1n) is 6.75. The van der Waals surface area contributed by atoms with Gasteiger partial charge in [0.1, 0.15) is 17.2 Å². The quantitative estimate of drug-likeness (QED) is 0.859. The summed E-state index contributed by atoms with van der Waals surface area (Å²) < 4.78 is 18.5. The average molecular weight is 291 g/mol. The van der Waals surface area contributed by atoms with Crippen molar-refractivity contribution in [2.75, 3.05) is 6.54 Å². The van der Waals surface area contributed by atoms with Gasteiger partial charge < -0.3 is 14.8 Å². The highest BCUT2D eigenvalue weighted by molar-refractivity contribution is 5.76. The maximum atomic E-state index is 13.4. The topological polar surface area (TPSA) is 62.5 Å². The minimum absolute atomic E-state index is 0.0383. The third-order valence-corrected chi connectivity index (χ3v) is 3.26. The molecule has 112 valence electrons. The molecule has 5 heteroatoms. The number of aryl methyl sites for hydroxylation is 1. The fourth-order valence-corrected chi connectivity index (χ4v) is 1.98. The second kappa shape index (κ2) is 6.54. The van der Waals surface area contributed by atoms with Crippen LogP contribution in [-0.2, 0) is 16.8 Å². The Morgan fingerprint density at radius 3 is 2.76 bits per heavy atom. The fourth-order valence-electron chi connectivity index (χ4n) is 1.98. The summed E-state index contributed by atoms with van der Waals surface area (Å²) in [4.78, 5) is 11.8. The summed E-state index contributed by atoms with van der Waals surface area (Å²) in [5.41, 5.74) is -0.762. The van der Waals surface area contributed by atoms with E-state index >= 15 is 0 Å². The molecule has 0 aliphatic carbocycles. The molecule has 21 heavy (non-hydrogen) atoms. The summed E-state index contributed by atoms with van der Waals surface area (Å²) in [6.45, 7) is 1.60. The monoisotopic (exact) mass is 291 g/mol. The summed E-state index contributed by atoms with van der Waals surface area (Å²) in [7, 11) is 0. The van der Waals surface area contributed by atoms with Crippen molar-refractivity contribution < 1.29 is 18.7 Å². The largest absolute Gasteiger partial charge is 0.466 e. The van der Waals surface area contributed by atoms with Crippen molar-refractivity contribution in [3.05, 3.63) is 59.8 Å². The number of halogens is 1. The number of carbonyl (C=O) groups excluding carboxylic acids is 1. The van der Waals surface area contributed by atoms with Crippen LogP contribution in [0, 0.1) is 5.82 Å². The molecule has 2 rings (SSSR count). The average Bonchev–Trinajstić information content (AvgIpc) is 2.99. The molecule has 0 saturated heterocycles. The molecule has 1 aromatic carbocycles. The molecule has 0 aliphatic heterocycles. The Balaban J connectivity index is 1.82. The SMILES string of the molecule is C[C@](O)(CNC(=O)CCc1ccccc1F)c1ccco1. The van der Waals surface area contributed by atoms with Crippen LogP contribution in [0.5, 0.6) is 0 Å². The number of amides is 1. The molecule has 0 unspecified atom stereocenters. The van der Waals surface area contributed by atoms with E-state index in [9.17, 15) is 14.3 Å². The molecular formula is C16H18FNO3. The number of hydrogen-bond donors (Lipinski definition) is 2. The van der Waals surface area contributed by atoms with Crippen LogP contribution in [0.2, 0.25) is 0 Å². The first kappa shape index (κ1) is 15.3. The lowest BCUT2D eigenvalue weighted by Gasteiger charge is -2.21. The van der Waals surface area contributed by atoms with Gasteiger partial charge in [-0.1, -0.05) is 18.2 Å². The van der Waals surface area contributed by atoms with Gasteiger partial charge in [-0.15, -0.1) is 0 Å². The van der Waals surface area contributed by atoms with Crippen molar-refractivity contribution in [1.29, 1.82) is 0 Å². The van der Waals surface area contributed by atoms with E-state index in [1.807, 2.05) is 0 Å². The molecule has 2 aromatic rings. The summed E-state index contributed by atoms with van der Waals surface area (Å²) in [6, 6.07) is 9.68. The number of nitrogens with one attached hydrogen (secondary N) is 1. The van der Waals surface area contributed by atoms with E-state index in [0.717, 1.165) is 0 Å². The highest BCUT2D eigenvalue weighted by Gasteiger charge is 2.26. The third-order valence-electron chi connectivity index (χ3n) is 3.26. The summed E-state index contributed by atoms with van der Waals surface area (Å²) in [5.74, 6) is -0.171. The Hall–Kier alpha value is -2.14. The van der Waals surface area contributed by atoms with E-state index in [1.54, 1.807) is 37.3 Å². The van der Waals surface area contributed by atoms with Crippen LogP contribution in [0.4, 0.5) is 4.39 Å². The number of aliphatic hydroxyl groups is 1. The van der Waals surface area contributed by atoms with Gasteiger partial charge in [-0.3, -0.25) is 4.79 Å². The maximum Gasteiger partial charge on any atom is 0.220 e. The van der Waals surface area contributed by atoms with Crippen LogP contribution in [-0.4, -0.2) is 17.6 Å². The smallest absolute Gasteiger partial charge is 0.220 e. The molecule has 0 radical (unpaired) electrons. The van der Waals surface area contributed by atoms with E-state index in [1.165, 1.54) is 12.3 Å². The highest BCUT2D eigenvalue weighted by atomic mass is 19.1. The third kappa shape index (κ3) is 4.16. The first-order valence-corrected chi connectivity index (χ1v) is 6.75. The molecule has 0 saturated carbocycles. The molecule has 0 aliphatic rings. The zero-order valence-corrected chi connectivity index (χ0v) is 11.8. The van der Waals surface area contributed by atoms with Gasteiger partial charge in [0.25, 0.3) is 0 Å². The molecule has 1 aromatic heterocycles. The standard InChI is InChI=1S/C16H18FNO3/c1-16(20,14-7-4-10-21-14)11-18-15(19)9-8-12-5-2-3-6-13(12)17/h2-7,10,20H,8-9,11H2,1H3,(H,18,19)/t16-/m0/s1. The Morgan fingerprint density at radius 1 is 1.33 bits per heavy atom. The second-order valence-electron chi connectivity index (χ2n) is 5.12. The van der Waals surface area contributed by atoms with Gasteiger partial charge in [-0.2, -0.15) is 0 Å². The summed E-state index contributed by atoms with van der Waals surface area (Å²) in [6.07, 6.45) is 1.94. The Morgan fingerprint density at radius 2 is 2.10 bits per heavy atom. The van der Waals surface area contributed by atoms with E-state index in [2.05, 4.69) is 5.32 Å². The van der Waals surface area contributed by atoms with Crippen molar-refractivity contribution in [3.63, 3.8) is 0 Å². The molecule has 2 N–H and O–H groups in total. The van der Waals surface area contributed by atoms with Crippen LogP contribution in [0.1, 0.15) is 24.7 Å². The minimum atomic E-state index is -1.27. The van der Waals surface area contributed by atoms with E-state index in [0.29, 0.717) is 17.7 Å². The van der Waals surface area contributed by atoms with E-state index in [-0.39, 0.29) is 24.7 Å². The maximum absolute atomic E-state index is 13.4. The lowest BCUT2D eigenvalue weighted by Crippen LogP contribution is -2.38. The van der Waals surface area contributed by atoms with Crippen molar-refractivity contribution in [2.45, 2.75) is 25.4 Å². The van der Waals surface area contributed by atoms with Gasteiger partial charge >= 0.3 is 0 Å². The normalized spacial score (nSPS) is 13.7. The summed E-state index contributed by atoms with van der Waals surface area (Å²) in [5, 5.41) is 12.8. The Kier molecular flexibility index (Phi) is 4.75. The van der Waals surface area contributed by atoms with Crippen LogP contribution in [0.25, 0.3) is 0 Å². The number of hydrogen-bond acceptors (Lipinski definition) is 3. The summed E-state index contributed by atoms with van der Waals surface area (Å²) >= 11 is 0. The Bertz CT molecular complexity index is 593. The van der Waals surface area contributed by atoms with Gasteiger partial charge in [-0.25, -0.2) is 4.39 Å². The molecule has 0 spiro atoms. The van der Waals surface area contributed by atoms with Crippen LogP contribution in [0.3, 0.4) is 0 Å². The van der Waals surface area contributed by atoms with Crippen molar-refractivity contribution >= 4 is 5.91 Å². The number of carbonyl (C=O) groups is 1. The van der Waals surface area contributed by atoms with Crippen molar-refractivity contribution in [3.8, 4) is 0 Å². The second-order valence-corrected chi connectivity index (χ2v) is 5.12. The first-order chi connectivity index (χ1) is 9.99. The zero-order chi connectivity index (χ0) is 15.3. The van der Waals surface area contributed by atoms with Gasteiger partial charge in [-0.05, 0) is 37.1 Å². The van der Waals surface area contributed by atoms with Gasteiger partial charge in [0.2, 0.25) is 5.91 Å². The fraction of sp³-hybridized carbons (Fsp3) is 0.312. The molecule has 1 heterocycles. The van der Waals surface area contributed by atoms with Gasteiger partial charge in [0.05, 0.1) is 12.8 Å². The molecule has 0 bridgehead atoms. The predicted octanol–water partition coefficient (Wildman–Crippen LogP) is 2.38. The number of rotatable bonds is 6. The van der Waals surface area contributed by atoms with Crippen LogP contribution >= 0.6 is 0 Å².